The summed E-state index contributed by atoms with van der Waals surface area (Å²) in [6.45, 7) is 4.56. The second-order valence-electron chi connectivity index (χ2n) is 4.68. The molecular weight excluding hydrogens is 216 g/mol. The monoisotopic (exact) mass is 234 g/mol. The number of hydrogen-bond donors (Lipinski definition) is 1. The van der Waals surface area contributed by atoms with E-state index in [9.17, 15) is 0 Å². The summed E-state index contributed by atoms with van der Waals surface area (Å²) in [5, 5.41) is 8.84. The number of hydrogen-bond acceptors (Lipinski definition) is 5. The molecule has 92 valence electrons. The van der Waals surface area contributed by atoms with Gasteiger partial charge >= 0.3 is 0 Å². The Morgan fingerprint density at radius 1 is 1.53 bits per heavy atom. The Kier molecular flexibility index (Phi) is 3.92. The number of aromatic nitrogens is 1. The van der Waals surface area contributed by atoms with Crippen molar-refractivity contribution < 1.29 is 4.74 Å². The highest BCUT2D eigenvalue weighted by Crippen LogP contribution is 2.23. The van der Waals surface area contributed by atoms with E-state index in [2.05, 4.69) is 23.7 Å². The number of nitrogens with two attached hydrogens (primary N) is 1. The third-order valence-corrected chi connectivity index (χ3v) is 2.85. The van der Waals surface area contributed by atoms with E-state index >= 15 is 0 Å². The highest BCUT2D eigenvalue weighted by Gasteiger charge is 2.22. The maximum atomic E-state index is 8.84. The summed E-state index contributed by atoms with van der Waals surface area (Å²) in [7, 11) is 3.96. The molecule has 0 saturated heterocycles. The van der Waals surface area contributed by atoms with E-state index in [1.54, 1.807) is 6.07 Å². The molecule has 0 atom stereocenters. The van der Waals surface area contributed by atoms with Crippen LogP contribution in [-0.4, -0.2) is 36.1 Å². The summed E-state index contributed by atoms with van der Waals surface area (Å²) in [5.74, 6) is 0.318. The van der Waals surface area contributed by atoms with Crippen molar-refractivity contribution in [3.8, 4) is 11.9 Å². The van der Waals surface area contributed by atoms with Gasteiger partial charge in [-0.05, 0) is 34.0 Å². The molecule has 1 heterocycles. The van der Waals surface area contributed by atoms with Crippen LogP contribution in [0.3, 0.4) is 0 Å². The molecule has 0 unspecified atom stereocenters. The average Bonchev–Trinajstić information content (AvgIpc) is 2.27. The van der Waals surface area contributed by atoms with Gasteiger partial charge in [0.2, 0.25) is 5.88 Å². The van der Waals surface area contributed by atoms with Gasteiger partial charge in [0.1, 0.15) is 18.4 Å². The first-order chi connectivity index (χ1) is 7.88. The van der Waals surface area contributed by atoms with Gasteiger partial charge in [-0.1, -0.05) is 0 Å². The van der Waals surface area contributed by atoms with Gasteiger partial charge in [-0.2, -0.15) is 5.26 Å². The topological polar surface area (TPSA) is 75.2 Å². The summed E-state index contributed by atoms with van der Waals surface area (Å²) >= 11 is 0. The van der Waals surface area contributed by atoms with Gasteiger partial charge in [-0.25, -0.2) is 4.98 Å². The van der Waals surface area contributed by atoms with Gasteiger partial charge in [-0.3, -0.25) is 0 Å². The first-order valence-corrected chi connectivity index (χ1v) is 5.33. The number of pyridine rings is 1. The van der Waals surface area contributed by atoms with Crippen molar-refractivity contribution in [3.05, 3.63) is 17.8 Å². The highest BCUT2D eigenvalue weighted by atomic mass is 16.5. The van der Waals surface area contributed by atoms with Crippen LogP contribution in [0.25, 0.3) is 0 Å². The molecule has 0 radical (unpaired) electrons. The summed E-state index contributed by atoms with van der Waals surface area (Å²) in [6, 6.07) is 3.57. The molecule has 0 bridgehead atoms. The van der Waals surface area contributed by atoms with Crippen LogP contribution in [0.2, 0.25) is 0 Å². The largest absolute Gasteiger partial charge is 0.474 e. The quantitative estimate of drug-likeness (QED) is 0.848. The molecule has 0 fully saturated rings. The third kappa shape index (κ3) is 3.08. The molecule has 0 amide bonds. The second-order valence-corrected chi connectivity index (χ2v) is 4.68. The van der Waals surface area contributed by atoms with Crippen molar-refractivity contribution in [2.45, 2.75) is 19.4 Å². The molecule has 0 saturated carbocycles. The Balaban J connectivity index is 2.81. The van der Waals surface area contributed by atoms with Crippen molar-refractivity contribution in [1.82, 2.24) is 9.88 Å². The highest BCUT2D eigenvalue weighted by molar-refractivity contribution is 5.59. The standard InChI is InChI=1S/C12H18N4O/c1-12(2,16(3)4)8-17-11-10(14)9(7-13)5-6-15-11/h5-6H,8,14H2,1-4H3. The van der Waals surface area contributed by atoms with Crippen LogP contribution >= 0.6 is 0 Å². The van der Waals surface area contributed by atoms with Crippen LogP contribution < -0.4 is 10.5 Å². The van der Waals surface area contributed by atoms with E-state index in [-0.39, 0.29) is 5.54 Å². The smallest absolute Gasteiger partial charge is 0.238 e. The summed E-state index contributed by atoms with van der Waals surface area (Å²) < 4.78 is 5.58. The summed E-state index contributed by atoms with van der Waals surface area (Å²) in [5.41, 5.74) is 6.33. The van der Waals surface area contributed by atoms with E-state index < -0.39 is 0 Å². The fraction of sp³-hybridized carbons (Fsp3) is 0.500. The van der Waals surface area contributed by atoms with Crippen LogP contribution in [0, 0.1) is 11.3 Å². The summed E-state index contributed by atoms with van der Waals surface area (Å²) in [6.07, 6.45) is 1.52. The van der Waals surface area contributed by atoms with E-state index in [0.717, 1.165) is 0 Å². The fourth-order valence-corrected chi connectivity index (χ4v) is 1.04. The number of likely N-dealkylation sites (N-methyl/N-ethyl adjacent to an activating group) is 1. The predicted octanol–water partition coefficient (Wildman–Crippen LogP) is 1.25. The number of rotatable bonds is 4. The molecule has 1 rings (SSSR count). The third-order valence-electron chi connectivity index (χ3n) is 2.85. The minimum absolute atomic E-state index is 0.128. The zero-order valence-corrected chi connectivity index (χ0v) is 10.7. The van der Waals surface area contributed by atoms with Gasteiger partial charge in [0, 0.05) is 11.7 Å². The van der Waals surface area contributed by atoms with E-state index in [1.807, 2.05) is 20.2 Å². The molecule has 0 aliphatic carbocycles. The lowest BCUT2D eigenvalue weighted by atomic mass is 10.1. The number of ether oxygens (including phenoxy) is 1. The lowest BCUT2D eigenvalue weighted by molar-refractivity contribution is 0.111. The maximum absolute atomic E-state index is 8.84. The average molecular weight is 234 g/mol. The van der Waals surface area contributed by atoms with Gasteiger partial charge in [0.25, 0.3) is 0 Å². The Morgan fingerprint density at radius 3 is 2.71 bits per heavy atom. The van der Waals surface area contributed by atoms with Crippen LogP contribution in [0.5, 0.6) is 5.88 Å². The van der Waals surface area contributed by atoms with E-state index in [4.69, 9.17) is 15.7 Å². The molecule has 2 N–H and O–H groups in total. The van der Waals surface area contributed by atoms with E-state index in [1.165, 1.54) is 6.20 Å². The van der Waals surface area contributed by atoms with Gasteiger partial charge in [-0.15, -0.1) is 0 Å². The predicted molar refractivity (Wildman–Crippen MR) is 66.6 cm³/mol. The Morgan fingerprint density at radius 2 is 2.18 bits per heavy atom. The lowest BCUT2D eigenvalue weighted by Crippen LogP contribution is -2.43. The van der Waals surface area contributed by atoms with Crippen molar-refractivity contribution in [3.63, 3.8) is 0 Å². The normalized spacial score (nSPS) is 11.3. The molecule has 17 heavy (non-hydrogen) atoms. The Labute approximate surface area is 102 Å². The lowest BCUT2D eigenvalue weighted by Gasteiger charge is -2.32. The number of nitrogens with zero attached hydrogens (tertiary/aromatic N) is 3. The van der Waals surface area contributed by atoms with Gasteiger partial charge in [0.05, 0.1) is 5.56 Å². The molecule has 1 aromatic rings. The SMILES string of the molecule is CN(C)C(C)(C)COc1nccc(C#N)c1N. The molecule has 0 aliphatic heterocycles. The van der Waals surface area contributed by atoms with Crippen LogP contribution in [-0.2, 0) is 0 Å². The first kappa shape index (κ1) is 13.3. The minimum Gasteiger partial charge on any atom is -0.474 e. The molecule has 5 heteroatoms. The molecule has 5 nitrogen and oxygen atoms in total. The Hall–Kier alpha value is -1.80. The minimum atomic E-state index is -0.128. The Bertz CT molecular complexity index is 435. The van der Waals surface area contributed by atoms with Crippen LogP contribution in [0.15, 0.2) is 12.3 Å². The first-order valence-electron chi connectivity index (χ1n) is 5.33. The van der Waals surface area contributed by atoms with E-state index in [0.29, 0.717) is 23.7 Å². The van der Waals surface area contributed by atoms with Crippen molar-refractivity contribution in [1.29, 1.82) is 5.26 Å². The van der Waals surface area contributed by atoms with Crippen LogP contribution in [0.1, 0.15) is 19.4 Å². The number of nitrogen functional groups attached to an aromatic ring is 1. The zero-order chi connectivity index (χ0) is 13.1. The number of anilines is 1. The van der Waals surface area contributed by atoms with Crippen molar-refractivity contribution in [2.24, 2.45) is 0 Å². The van der Waals surface area contributed by atoms with Crippen molar-refractivity contribution in [2.75, 3.05) is 26.4 Å². The molecule has 0 aliphatic rings. The second kappa shape index (κ2) is 5.02. The van der Waals surface area contributed by atoms with Crippen LogP contribution in [0.4, 0.5) is 5.69 Å². The molecule has 0 aromatic carbocycles. The molecular formula is C12H18N4O. The zero-order valence-electron chi connectivity index (χ0n) is 10.7. The molecule has 1 aromatic heterocycles. The maximum Gasteiger partial charge on any atom is 0.238 e. The van der Waals surface area contributed by atoms with Gasteiger partial charge < -0.3 is 15.4 Å². The fourth-order valence-electron chi connectivity index (χ4n) is 1.04. The van der Waals surface area contributed by atoms with Crippen molar-refractivity contribution >= 4 is 5.69 Å². The molecule has 0 spiro atoms. The number of nitriles is 1. The summed E-state index contributed by atoms with van der Waals surface area (Å²) in [4.78, 5) is 6.09. The van der Waals surface area contributed by atoms with Gasteiger partial charge in [0.15, 0.2) is 0 Å².